The molecule has 1 aromatic rings. The summed E-state index contributed by atoms with van der Waals surface area (Å²) < 4.78 is 37.1. The number of nitrogens with zero attached hydrogens (tertiary/aromatic N) is 2. The van der Waals surface area contributed by atoms with Crippen molar-refractivity contribution >= 4 is 11.7 Å². The van der Waals surface area contributed by atoms with E-state index in [1.807, 2.05) is 6.92 Å². The van der Waals surface area contributed by atoms with Crippen molar-refractivity contribution in [3.8, 4) is 0 Å². The molecule has 18 heavy (non-hydrogen) atoms. The van der Waals surface area contributed by atoms with Crippen LogP contribution in [0.15, 0.2) is 18.3 Å². The molecule has 1 rings (SSSR count). The second-order valence-corrected chi connectivity index (χ2v) is 4.09. The molecule has 0 aliphatic heterocycles. The lowest BCUT2D eigenvalue weighted by Crippen LogP contribution is -2.33. The first-order chi connectivity index (χ1) is 8.21. The van der Waals surface area contributed by atoms with Crippen molar-refractivity contribution in [2.75, 3.05) is 11.9 Å². The Balaban J connectivity index is 2.82. The SMILES string of the molecule is CC(CC(=N)N)N(C)c1ccc(C(F)(F)F)cn1. The maximum Gasteiger partial charge on any atom is 0.417 e. The van der Waals surface area contributed by atoms with Gasteiger partial charge >= 0.3 is 6.18 Å². The minimum atomic E-state index is -4.38. The average Bonchev–Trinajstić information content (AvgIpc) is 2.26. The lowest BCUT2D eigenvalue weighted by molar-refractivity contribution is -0.137. The average molecular weight is 260 g/mol. The van der Waals surface area contributed by atoms with Crippen LogP contribution in [-0.2, 0) is 6.18 Å². The van der Waals surface area contributed by atoms with Gasteiger partial charge in [-0.05, 0) is 19.1 Å². The Kier molecular flexibility index (Phi) is 4.15. The molecule has 0 bridgehead atoms. The Bertz CT molecular complexity index is 413. The third-order valence-corrected chi connectivity index (χ3v) is 2.61. The van der Waals surface area contributed by atoms with Crippen LogP contribution in [0.1, 0.15) is 18.9 Å². The first-order valence-corrected chi connectivity index (χ1v) is 5.30. The van der Waals surface area contributed by atoms with E-state index in [9.17, 15) is 13.2 Å². The van der Waals surface area contributed by atoms with E-state index in [1.165, 1.54) is 6.07 Å². The van der Waals surface area contributed by atoms with Gasteiger partial charge in [0, 0.05) is 25.7 Å². The third kappa shape index (κ3) is 3.61. The Hall–Kier alpha value is -1.79. The number of halogens is 3. The molecule has 100 valence electrons. The van der Waals surface area contributed by atoms with Gasteiger partial charge in [-0.3, -0.25) is 5.41 Å². The summed E-state index contributed by atoms with van der Waals surface area (Å²) >= 11 is 0. The smallest absolute Gasteiger partial charge is 0.388 e. The fraction of sp³-hybridized carbons (Fsp3) is 0.455. The number of rotatable bonds is 4. The highest BCUT2D eigenvalue weighted by molar-refractivity contribution is 5.77. The highest BCUT2D eigenvalue weighted by Crippen LogP contribution is 2.29. The molecular weight excluding hydrogens is 245 g/mol. The van der Waals surface area contributed by atoms with Crippen molar-refractivity contribution in [3.05, 3.63) is 23.9 Å². The van der Waals surface area contributed by atoms with Gasteiger partial charge in [-0.1, -0.05) is 0 Å². The first-order valence-electron chi connectivity index (χ1n) is 5.30. The summed E-state index contributed by atoms with van der Waals surface area (Å²) in [6, 6.07) is 2.19. The Morgan fingerprint density at radius 1 is 1.50 bits per heavy atom. The van der Waals surface area contributed by atoms with Crippen molar-refractivity contribution in [3.63, 3.8) is 0 Å². The van der Waals surface area contributed by atoms with E-state index in [-0.39, 0.29) is 11.9 Å². The van der Waals surface area contributed by atoms with Crippen molar-refractivity contribution in [1.29, 1.82) is 5.41 Å². The zero-order valence-corrected chi connectivity index (χ0v) is 10.1. The van der Waals surface area contributed by atoms with Crippen LogP contribution in [0.5, 0.6) is 0 Å². The van der Waals surface area contributed by atoms with Crippen LogP contribution in [-0.4, -0.2) is 23.9 Å². The summed E-state index contributed by atoms with van der Waals surface area (Å²) in [6.07, 6.45) is -3.25. The standard InChI is InChI=1S/C11H15F3N4/c1-7(5-9(15)16)18(2)10-4-3-8(6-17-10)11(12,13)14/h3-4,6-7H,5H2,1-2H3,(H3,15,16). The van der Waals surface area contributed by atoms with Gasteiger partial charge in [0.05, 0.1) is 11.4 Å². The summed E-state index contributed by atoms with van der Waals surface area (Å²) in [5.41, 5.74) is 4.50. The minimum absolute atomic E-state index is 0.0289. The molecular formula is C11H15F3N4. The Morgan fingerprint density at radius 3 is 2.50 bits per heavy atom. The third-order valence-electron chi connectivity index (χ3n) is 2.61. The topological polar surface area (TPSA) is 66.0 Å². The second-order valence-electron chi connectivity index (χ2n) is 4.09. The molecule has 0 saturated heterocycles. The van der Waals surface area contributed by atoms with E-state index in [4.69, 9.17) is 11.1 Å². The quantitative estimate of drug-likeness (QED) is 0.644. The fourth-order valence-corrected chi connectivity index (χ4v) is 1.44. The molecule has 0 aliphatic rings. The fourth-order valence-electron chi connectivity index (χ4n) is 1.44. The molecule has 1 heterocycles. The predicted molar refractivity (Wildman–Crippen MR) is 63.6 cm³/mol. The summed E-state index contributed by atoms with van der Waals surface area (Å²) in [7, 11) is 1.70. The second kappa shape index (κ2) is 5.24. The highest BCUT2D eigenvalue weighted by atomic mass is 19.4. The maximum absolute atomic E-state index is 12.4. The van der Waals surface area contributed by atoms with Gasteiger partial charge in [-0.15, -0.1) is 0 Å². The van der Waals surface area contributed by atoms with E-state index in [0.29, 0.717) is 12.2 Å². The highest BCUT2D eigenvalue weighted by Gasteiger charge is 2.30. The summed E-state index contributed by atoms with van der Waals surface area (Å²) in [5.74, 6) is 0.443. The molecule has 0 aromatic carbocycles. The normalized spacial score (nSPS) is 13.2. The van der Waals surface area contributed by atoms with E-state index in [0.717, 1.165) is 12.3 Å². The van der Waals surface area contributed by atoms with Crippen LogP contribution in [0, 0.1) is 5.41 Å². The number of anilines is 1. The van der Waals surface area contributed by atoms with E-state index >= 15 is 0 Å². The van der Waals surface area contributed by atoms with Crippen LogP contribution in [0.2, 0.25) is 0 Å². The van der Waals surface area contributed by atoms with Gasteiger partial charge in [0.1, 0.15) is 5.82 Å². The number of nitrogens with two attached hydrogens (primary N) is 1. The molecule has 0 radical (unpaired) electrons. The number of amidine groups is 1. The molecule has 1 unspecified atom stereocenters. The molecule has 1 aromatic heterocycles. The van der Waals surface area contributed by atoms with Gasteiger partial charge in [0.25, 0.3) is 0 Å². The van der Waals surface area contributed by atoms with E-state index in [2.05, 4.69) is 4.98 Å². The molecule has 0 fully saturated rings. The summed E-state index contributed by atoms with van der Waals surface area (Å²) in [5, 5.41) is 7.18. The van der Waals surface area contributed by atoms with Crippen LogP contribution >= 0.6 is 0 Å². The number of aromatic nitrogens is 1. The van der Waals surface area contributed by atoms with Gasteiger partial charge in [0.15, 0.2) is 0 Å². The molecule has 0 saturated carbocycles. The van der Waals surface area contributed by atoms with Crippen molar-refractivity contribution in [2.45, 2.75) is 25.6 Å². The minimum Gasteiger partial charge on any atom is -0.388 e. The van der Waals surface area contributed by atoms with Crippen LogP contribution in [0.4, 0.5) is 19.0 Å². The van der Waals surface area contributed by atoms with Crippen LogP contribution < -0.4 is 10.6 Å². The van der Waals surface area contributed by atoms with E-state index < -0.39 is 11.7 Å². The van der Waals surface area contributed by atoms with Crippen LogP contribution in [0.25, 0.3) is 0 Å². The molecule has 7 heteroatoms. The van der Waals surface area contributed by atoms with Crippen molar-refractivity contribution < 1.29 is 13.2 Å². The summed E-state index contributed by atoms with van der Waals surface area (Å²) in [6.45, 7) is 1.82. The maximum atomic E-state index is 12.4. The van der Waals surface area contributed by atoms with Gasteiger partial charge in [0.2, 0.25) is 0 Å². The molecule has 0 spiro atoms. The molecule has 0 aliphatic carbocycles. The Morgan fingerprint density at radius 2 is 2.11 bits per heavy atom. The zero-order valence-electron chi connectivity index (χ0n) is 10.1. The number of hydrogen-bond donors (Lipinski definition) is 2. The van der Waals surface area contributed by atoms with E-state index in [1.54, 1.807) is 11.9 Å². The van der Waals surface area contributed by atoms with Gasteiger partial charge < -0.3 is 10.6 Å². The Labute approximate surface area is 103 Å². The zero-order chi connectivity index (χ0) is 13.9. The first kappa shape index (κ1) is 14.3. The molecule has 4 nitrogen and oxygen atoms in total. The number of hydrogen-bond acceptors (Lipinski definition) is 3. The number of pyridine rings is 1. The molecule has 1 atom stereocenters. The van der Waals surface area contributed by atoms with Crippen molar-refractivity contribution in [1.82, 2.24) is 4.98 Å². The number of alkyl halides is 3. The molecule has 0 amide bonds. The largest absolute Gasteiger partial charge is 0.417 e. The monoisotopic (exact) mass is 260 g/mol. The van der Waals surface area contributed by atoms with Crippen molar-refractivity contribution in [2.24, 2.45) is 5.73 Å². The lowest BCUT2D eigenvalue weighted by atomic mass is 10.2. The molecule has 3 N–H and O–H groups in total. The lowest BCUT2D eigenvalue weighted by Gasteiger charge is -2.25. The van der Waals surface area contributed by atoms with Gasteiger partial charge in [-0.2, -0.15) is 13.2 Å². The number of nitrogens with one attached hydrogen (secondary N) is 1. The predicted octanol–water partition coefficient (Wildman–Crippen LogP) is 2.25. The summed E-state index contributed by atoms with van der Waals surface area (Å²) in [4.78, 5) is 5.45. The van der Waals surface area contributed by atoms with Crippen LogP contribution in [0.3, 0.4) is 0 Å². The van der Waals surface area contributed by atoms with Gasteiger partial charge in [-0.25, -0.2) is 4.98 Å².